The zero-order chi connectivity index (χ0) is 20.7. The molecule has 3 rings (SSSR count). The molecule has 7 heteroatoms. The van der Waals surface area contributed by atoms with Crippen LogP contribution < -0.4 is 9.80 Å². The van der Waals surface area contributed by atoms with Gasteiger partial charge in [0.2, 0.25) is 0 Å². The molecule has 148 valence electrons. The number of phenolic OH excluding ortho intramolecular Hbond substituents is 2. The number of nitrogens with zero attached hydrogens (tertiary/aromatic N) is 2. The monoisotopic (exact) mass is 384 g/mol. The van der Waals surface area contributed by atoms with Gasteiger partial charge in [-0.1, -0.05) is 6.07 Å². The SMILES string of the molecule is CN(C)c1ccc(C2=C(O)C(c3ccc(N(C)C)cc3O)C(O)=C2O)c(O)c1. The second kappa shape index (κ2) is 6.92. The fraction of sp³-hybridized carbons (Fsp3) is 0.238. The Morgan fingerprint density at radius 2 is 1.21 bits per heavy atom. The first kappa shape index (κ1) is 19.3. The molecule has 0 spiro atoms. The van der Waals surface area contributed by atoms with Gasteiger partial charge in [-0.2, -0.15) is 0 Å². The van der Waals surface area contributed by atoms with E-state index in [-0.39, 0.29) is 34.0 Å². The number of aliphatic hydroxyl groups excluding tert-OH is 3. The third kappa shape index (κ3) is 3.05. The summed E-state index contributed by atoms with van der Waals surface area (Å²) in [6.07, 6.45) is 0. The highest BCUT2D eigenvalue weighted by Crippen LogP contribution is 2.48. The lowest BCUT2D eigenvalue weighted by molar-refractivity contribution is 0.303. The molecule has 0 saturated carbocycles. The topological polar surface area (TPSA) is 108 Å². The van der Waals surface area contributed by atoms with Crippen LogP contribution in [0.5, 0.6) is 11.5 Å². The van der Waals surface area contributed by atoms with Crippen molar-refractivity contribution < 1.29 is 25.5 Å². The normalized spacial score (nSPS) is 16.6. The van der Waals surface area contributed by atoms with Crippen LogP contribution in [0.4, 0.5) is 11.4 Å². The van der Waals surface area contributed by atoms with Crippen molar-refractivity contribution in [3.05, 3.63) is 64.8 Å². The van der Waals surface area contributed by atoms with Crippen molar-refractivity contribution >= 4 is 16.9 Å². The van der Waals surface area contributed by atoms with Crippen molar-refractivity contribution in [2.24, 2.45) is 0 Å². The zero-order valence-electron chi connectivity index (χ0n) is 16.2. The Hall–Kier alpha value is -3.48. The quantitative estimate of drug-likeness (QED) is 0.548. The second-order valence-corrected chi connectivity index (χ2v) is 7.16. The fourth-order valence-corrected chi connectivity index (χ4v) is 3.28. The Morgan fingerprint density at radius 3 is 1.71 bits per heavy atom. The van der Waals surface area contributed by atoms with Gasteiger partial charge in [0.25, 0.3) is 0 Å². The summed E-state index contributed by atoms with van der Waals surface area (Å²) in [7, 11) is 7.28. The van der Waals surface area contributed by atoms with Crippen LogP contribution in [0, 0.1) is 0 Å². The minimum Gasteiger partial charge on any atom is -0.510 e. The van der Waals surface area contributed by atoms with E-state index in [1.807, 2.05) is 28.2 Å². The molecule has 1 aliphatic carbocycles. The van der Waals surface area contributed by atoms with Gasteiger partial charge < -0.3 is 35.3 Å². The number of hydrogen-bond donors (Lipinski definition) is 5. The maximum absolute atomic E-state index is 10.8. The van der Waals surface area contributed by atoms with Crippen molar-refractivity contribution in [1.29, 1.82) is 0 Å². The van der Waals surface area contributed by atoms with Crippen molar-refractivity contribution in [2.45, 2.75) is 5.92 Å². The summed E-state index contributed by atoms with van der Waals surface area (Å²) >= 11 is 0. The van der Waals surface area contributed by atoms with Gasteiger partial charge in [0, 0.05) is 62.8 Å². The third-order valence-electron chi connectivity index (χ3n) is 4.89. The number of anilines is 2. The highest BCUT2D eigenvalue weighted by molar-refractivity contribution is 5.87. The Bertz CT molecular complexity index is 992. The lowest BCUT2D eigenvalue weighted by atomic mass is 9.95. The van der Waals surface area contributed by atoms with Crippen molar-refractivity contribution in [2.75, 3.05) is 38.0 Å². The Morgan fingerprint density at radius 1 is 0.679 bits per heavy atom. The molecule has 28 heavy (non-hydrogen) atoms. The first-order valence-corrected chi connectivity index (χ1v) is 8.70. The van der Waals surface area contributed by atoms with Crippen molar-refractivity contribution in [1.82, 2.24) is 0 Å². The number of phenols is 2. The first-order chi connectivity index (χ1) is 13.1. The lowest BCUT2D eigenvalue weighted by Crippen LogP contribution is -2.09. The molecule has 0 aromatic heterocycles. The Balaban J connectivity index is 2.11. The number of aromatic hydroxyl groups is 2. The average Bonchev–Trinajstić information content (AvgIpc) is 2.84. The second-order valence-electron chi connectivity index (χ2n) is 7.16. The number of rotatable bonds is 4. The zero-order valence-corrected chi connectivity index (χ0v) is 16.2. The Labute approximate surface area is 163 Å². The van der Waals surface area contributed by atoms with Crippen LogP contribution in [0.1, 0.15) is 17.0 Å². The molecule has 0 amide bonds. The lowest BCUT2D eigenvalue weighted by Gasteiger charge is -2.18. The third-order valence-corrected chi connectivity index (χ3v) is 4.89. The summed E-state index contributed by atoms with van der Waals surface area (Å²) in [5, 5.41) is 52.5. The van der Waals surface area contributed by atoms with E-state index in [1.165, 1.54) is 12.1 Å². The largest absolute Gasteiger partial charge is 0.510 e. The molecule has 0 heterocycles. The van der Waals surface area contributed by atoms with E-state index >= 15 is 0 Å². The van der Waals surface area contributed by atoms with Crippen LogP contribution in [0.2, 0.25) is 0 Å². The summed E-state index contributed by atoms with van der Waals surface area (Å²) in [6, 6.07) is 9.58. The first-order valence-electron chi connectivity index (χ1n) is 8.70. The Kier molecular flexibility index (Phi) is 4.77. The molecule has 2 aromatic rings. The van der Waals surface area contributed by atoms with Gasteiger partial charge >= 0.3 is 0 Å². The summed E-state index contributed by atoms with van der Waals surface area (Å²) in [4.78, 5) is 3.60. The van der Waals surface area contributed by atoms with Crippen LogP contribution in [-0.4, -0.2) is 53.7 Å². The molecule has 2 aromatic carbocycles. The number of aliphatic hydroxyl groups is 3. The predicted octanol–water partition coefficient (Wildman–Crippen LogP) is 3.62. The van der Waals surface area contributed by atoms with Gasteiger partial charge in [-0.25, -0.2) is 0 Å². The van der Waals surface area contributed by atoms with Crippen LogP contribution in [-0.2, 0) is 0 Å². The van der Waals surface area contributed by atoms with E-state index in [9.17, 15) is 25.5 Å². The number of benzene rings is 2. The highest BCUT2D eigenvalue weighted by atomic mass is 16.3. The van der Waals surface area contributed by atoms with E-state index < -0.39 is 17.4 Å². The van der Waals surface area contributed by atoms with Gasteiger partial charge in [-0.05, 0) is 18.2 Å². The van der Waals surface area contributed by atoms with E-state index in [2.05, 4.69) is 0 Å². The molecular weight excluding hydrogens is 360 g/mol. The van der Waals surface area contributed by atoms with Gasteiger partial charge in [0.05, 0.1) is 5.57 Å². The van der Waals surface area contributed by atoms with E-state index in [1.54, 1.807) is 34.1 Å². The number of hydrogen-bond acceptors (Lipinski definition) is 7. The molecule has 0 aliphatic heterocycles. The van der Waals surface area contributed by atoms with E-state index in [4.69, 9.17) is 0 Å². The molecule has 7 nitrogen and oxygen atoms in total. The van der Waals surface area contributed by atoms with E-state index in [0.29, 0.717) is 0 Å². The molecule has 0 fully saturated rings. The number of allylic oxidation sites excluding steroid dienone is 1. The smallest absolute Gasteiger partial charge is 0.165 e. The van der Waals surface area contributed by atoms with Gasteiger partial charge in [-0.15, -0.1) is 0 Å². The standard InChI is InChI=1S/C21H24N2O5/c1-22(2)11-5-7-13(15(24)9-11)17-19(26)18(21(28)20(17)27)14-8-6-12(23(3)4)10-16(14)25/h5-10,17,24-28H,1-4H3. The molecule has 1 atom stereocenters. The average molecular weight is 384 g/mol. The maximum atomic E-state index is 10.8. The molecule has 0 saturated heterocycles. The highest BCUT2D eigenvalue weighted by Gasteiger charge is 2.38. The molecule has 1 unspecified atom stereocenters. The summed E-state index contributed by atoms with van der Waals surface area (Å²) in [5.74, 6) is -2.78. The molecule has 5 N–H and O–H groups in total. The van der Waals surface area contributed by atoms with Crippen LogP contribution in [0.15, 0.2) is 53.7 Å². The van der Waals surface area contributed by atoms with Gasteiger partial charge in [0.15, 0.2) is 5.76 Å². The van der Waals surface area contributed by atoms with Crippen molar-refractivity contribution in [3.63, 3.8) is 0 Å². The van der Waals surface area contributed by atoms with Crippen LogP contribution in [0.25, 0.3) is 5.57 Å². The summed E-state index contributed by atoms with van der Waals surface area (Å²) < 4.78 is 0. The van der Waals surface area contributed by atoms with Crippen molar-refractivity contribution in [3.8, 4) is 11.5 Å². The van der Waals surface area contributed by atoms with Crippen LogP contribution >= 0.6 is 0 Å². The van der Waals surface area contributed by atoms with E-state index in [0.717, 1.165) is 11.4 Å². The summed E-state index contributed by atoms with van der Waals surface area (Å²) in [6.45, 7) is 0. The summed E-state index contributed by atoms with van der Waals surface area (Å²) in [5.41, 5.74) is 1.83. The molecular formula is C21H24N2O5. The fourth-order valence-electron chi connectivity index (χ4n) is 3.28. The molecule has 0 radical (unpaired) electrons. The van der Waals surface area contributed by atoms with Gasteiger partial charge in [-0.3, -0.25) is 0 Å². The minimum absolute atomic E-state index is 0.0682. The van der Waals surface area contributed by atoms with Crippen LogP contribution in [0.3, 0.4) is 0 Å². The molecule has 0 bridgehead atoms. The maximum Gasteiger partial charge on any atom is 0.165 e. The van der Waals surface area contributed by atoms with Gasteiger partial charge in [0.1, 0.15) is 28.9 Å². The molecule has 1 aliphatic rings. The predicted molar refractivity (Wildman–Crippen MR) is 109 cm³/mol. The minimum atomic E-state index is -1.13.